The van der Waals surface area contributed by atoms with Crippen molar-refractivity contribution in [1.29, 1.82) is 0 Å². The molecule has 0 N–H and O–H groups in total. The zero-order valence-electron chi connectivity index (χ0n) is 11.4. The molecule has 110 valence electrons. The molecule has 0 unspecified atom stereocenters. The zero-order chi connectivity index (χ0) is 15.6. The summed E-state index contributed by atoms with van der Waals surface area (Å²) in [5, 5.41) is 11.6. The second-order valence-corrected chi connectivity index (χ2v) is 5.34. The van der Waals surface area contributed by atoms with Crippen molar-refractivity contribution in [3.05, 3.63) is 61.4 Å². The number of ether oxygens (including phenoxy) is 1. The van der Waals surface area contributed by atoms with Gasteiger partial charge in [-0.25, -0.2) is 4.98 Å². The number of pyridine rings is 1. The molecule has 0 radical (unpaired) electrons. The molecule has 0 bridgehead atoms. The number of benzene rings is 1. The fourth-order valence-corrected chi connectivity index (χ4v) is 2.24. The highest BCUT2D eigenvalue weighted by Crippen LogP contribution is 2.29. The third-order valence-corrected chi connectivity index (χ3v) is 3.53. The molecule has 0 spiro atoms. The van der Waals surface area contributed by atoms with Crippen molar-refractivity contribution < 1.29 is 9.66 Å². The van der Waals surface area contributed by atoms with E-state index in [-0.39, 0.29) is 12.3 Å². The van der Waals surface area contributed by atoms with E-state index in [2.05, 4.69) is 4.98 Å². The van der Waals surface area contributed by atoms with E-state index >= 15 is 0 Å². The van der Waals surface area contributed by atoms with Crippen LogP contribution in [0.1, 0.15) is 16.7 Å². The lowest BCUT2D eigenvalue weighted by Crippen LogP contribution is -2.00. The van der Waals surface area contributed by atoms with Gasteiger partial charge in [0.25, 0.3) is 5.69 Å². The fraction of sp³-hybridized carbons (Fsp3) is 0.214. The van der Waals surface area contributed by atoms with Crippen LogP contribution in [0.25, 0.3) is 0 Å². The Labute approximate surface area is 131 Å². The molecule has 21 heavy (non-hydrogen) atoms. The molecular formula is C14H12Cl2N2O3. The number of aromatic nitrogens is 1. The molecule has 0 atom stereocenters. The van der Waals surface area contributed by atoms with Crippen molar-refractivity contribution in [3.8, 4) is 5.75 Å². The van der Waals surface area contributed by atoms with E-state index in [1.54, 1.807) is 19.9 Å². The lowest BCUT2D eigenvalue weighted by atomic mass is 10.1. The maximum Gasteiger partial charge on any atom is 0.272 e. The summed E-state index contributed by atoms with van der Waals surface area (Å²) in [5.41, 5.74) is 1.99. The molecule has 0 saturated carbocycles. The Morgan fingerprint density at radius 1 is 1.24 bits per heavy atom. The summed E-state index contributed by atoms with van der Waals surface area (Å²) >= 11 is 11.8. The van der Waals surface area contributed by atoms with E-state index in [1.165, 1.54) is 18.3 Å². The molecule has 5 nitrogen and oxygen atoms in total. The highest BCUT2D eigenvalue weighted by Gasteiger charge is 2.14. The van der Waals surface area contributed by atoms with Crippen molar-refractivity contribution in [2.24, 2.45) is 0 Å². The maximum atomic E-state index is 10.9. The number of rotatable bonds is 4. The first kappa shape index (κ1) is 15.5. The van der Waals surface area contributed by atoms with Crippen LogP contribution in [-0.4, -0.2) is 9.91 Å². The Balaban J connectivity index is 2.20. The minimum absolute atomic E-state index is 0.0750. The zero-order valence-corrected chi connectivity index (χ0v) is 12.9. The van der Waals surface area contributed by atoms with Crippen molar-refractivity contribution in [2.45, 2.75) is 20.5 Å². The van der Waals surface area contributed by atoms with Gasteiger partial charge in [0.15, 0.2) is 0 Å². The predicted molar refractivity (Wildman–Crippen MR) is 81.2 cm³/mol. The van der Waals surface area contributed by atoms with E-state index in [0.717, 1.165) is 0 Å². The normalized spacial score (nSPS) is 10.5. The topological polar surface area (TPSA) is 65.3 Å². The fourth-order valence-electron chi connectivity index (χ4n) is 1.82. The highest BCUT2D eigenvalue weighted by atomic mass is 35.5. The first-order chi connectivity index (χ1) is 9.88. The minimum atomic E-state index is -0.411. The van der Waals surface area contributed by atoms with Crippen molar-refractivity contribution >= 4 is 28.9 Å². The summed E-state index contributed by atoms with van der Waals surface area (Å²) in [6, 6.07) is 4.67. The van der Waals surface area contributed by atoms with Gasteiger partial charge in [0.05, 0.1) is 9.95 Å². The molecule has 1 aromatic carbocycles. The number of nitro groups is 1. The Kier molecular flexibility index (Phi) is 4.65. The third kappa shape index (κ3) is 3.62. The van der Waals surface area contributed by atoms with E-state index in [9.17, 15) is 10.1 Å². The van der Waals surface area contributed by atoms with E-state index < -0.39 is 4.92 Å². The summed E-state index contributed by atoms with van der Waals surface area (Å²) in [5.74, 6) is 0.573. The Hall–Kier alpha value is -1.85. The van der Waals surface area contributed by atoms with Gasteiger partial charge in [0.1, 0.15) is 17.5 Å². The number of hydrogen-bond acceptors (Lipinski definition) is 4. The molecular weight excluding hydrogens is 315 g/mol. The van der Waals surface area contributed by atoms with E-state index in [4.69, 9.17) is 27.9 Å². The standard InChI is InChI=1S/C14H12Cl2N2O3/c1-8-4-13(9(2)3-12(8)18(19)20)21-7-10-6-17-14(16)5-11(10)15/h3-6H,7H2,1-2H3. The number of nitrogens with zero attached hydrogens (tertiary/aromatic N) is 2. The molecule has 1 heterocycles. The van der Waals surface area contributed by atoms with Gasteiger partial charge in [-0.15, -0.1) is 0 Å². The van der Waals surface area contributed by atoms with Crippen LogP contribution in [0.3, 0.4) is 0 Å². The van der Waals surface area contributed by atoms with Crippen LogP contribution < -0.4 is 4.74 Å². The van der Waals surface area contributed by atoms with Gasteiger partial charge in [-0.1, -0.05) is 23.2 Å². The van der Waals surface area contributed by atoms with E-state index in [0.29, 0.717) is 32.6 Å². The minimum Gasteiger partial charge on any atom is -0.489 e. The molecule has 0 amide bonds. The van der Waals surface area contributed by atoms with Crippen molar-refractivity contribution in [2.75, 3.05) is 0 Å². The Morgan fingerprint density at radius 3 is 2.57 bits per heavy atom. The van der Waals surface area contributed by atoms with Crippen molar-refractivity contribution in [3.63, 3.8) is 0 Å². The monoisotopic (exact) mass is 326 g/mol. The number of nitro benzene ring substituents is 1. The maximum absolute atomic E-state index is 10.9. The van der Waals surface area contributed by atoms with Crippen LogP contribution in [0.4, 0.5) is 5.69 Å². The summed E-state index contributed by atoms with van der Waals surface area (Å²) in [6.45, 7) is 3.63. The van der Waals surface area contributed by atoms with Crippen LogP contribution in [0.2, 0.25) is 10.2 Å². The molecule has 0 fully saturated rings. The molecule has 2 rings (SSSR count). The van der Waals surface area contributed by atoms with Gasteiger partial charge in [-0.2, -0.15) is 0 Å². The van der Waals surface area contributed by atoms with Gasteiger partial charge in [-0.05, 0) is 31.5 Å². The van der Waals surface area contributed by atoms with Gasteiger partial charge in [-0.3, -0.25) is 10.1 Å². The Bertz CT molecular complexity index is 705. The smallest absolute Gasteiger partial charge is 0.272 e. The molecule has 1 aromatic heterocycles. The second kappa shape index (κ2) is 6.28. The van der Waals surface area contributed by atoms with Crippen LogP contribution in [-0.2, 0) is 6.61 Å². The number of aryl methyl sites for hydroxylation is 2. The quantitative estimate of drug-likeness (QED) is 0.471. The van der Waals surface area contributed by atoms with Crippen molar-refractivity contribution in [1.82, 2.24) is 4.98 Å². The number of hydrogen-bond donors (Lipinski definition) is 0. The predicted octanol–water partition coefficient (Wildman–Crippen LogP) is 4.49. The lowest BCUT2D eigenvalue weighted by molar-refractivity contribution is -0.385. The van der Waals surface area contributed by atoms with Gasteiger partial charge in [0.2, 0.25) is 0 Å². The SMILES string of the molecule is Cc1cc([N+](=O)[O-])c(C)cc1OCc1cnc(Cl)cc1Cl. The van der Waals surface area contributed by atoms with Gasteiger partial charge >= 0.3 is 0 Å². The molecule has 0 aliphatic rings. The van der Waals surface area contributed by atoms with Gasteiger partial charge in [0, 0.05) is 23.4 Å². The van der Waals surface area contributed by atoms with Crippen LogP contribution in [0.15, 0.2) is 24.4 Å². The van der Waals surface area contributed by atoms with Crippen LogP contribution >= 0.6 is 23.2 Å². The summed E-state index contributed by atoms with van der Waals surface area (Å²) < 4.78 is 5.67. The molecule has 0 aliphatic heterocycles. The summed E-state index contributed by atoms with van der Waals surface area (Å²) in [7, 11) is 0. The first-order valence-electron chi connectivity index (χ1n) is 6.07. The number of halogens is 2. The largest absolute Gasteiger partial charge is 0.489 e. The second-order valence-electron chi connectivity index (χ2n) is 4.55. The summed E-state index contributed by atoms with van der Waals surface area (Å²) in [4.78, 5) is 14.4. The molecule has 7 heteroatoms. The van der Waals surface area contributed by atoms with Crippen LogP contribution in [0, 0.1) is 24.0 Å². The average Bonchev–Trinajstić information content (AvgIpc) is 2.40. The summed E-state index contributed by atoms with van der Waals surface area (Å²) in [6.07, 6.45) is 1.54. The lowest BCUT2D eigenvalue weighted by Gasteiger charge is -2.11. The van der Waals surface area contributed by atoms with E-state index in [1.807, 2.05) is 0 Å². The average molecular weight is 327 g/mol. The van der Waals surface area contributed by atoms with Gasteiger partial charge < -0.3 is 4.74 Å². The third-order valence-electron chi connectivity index (χ3n) is 2.97. The van der Waals surface area contributed by atoms with Crippen LogP contribution in [0.5, 0.6) is 5.75 Å². The first-order valence-corrected chi connectivity index (χ1v) is 6.82. The molecule has 2 aromatic rings. The molecule has 0 saturated heterocycles. The molecule has 0 aliphatic carbocycles. The Morgan fingerprint density at radius 2 is 1.95 bits per heavy atom. The highest BCUT2D eigenvalue weighted by molar-refractivity contribution is 6.34.